The Morgan fingerprint density at radius 2 is 2.00 bits per heavy atom. The summed E-state index contributed by atoms with van der Waals surface area (Å²) < 4.78 is 25.3. The maximum absolute atomic E-state index is 11.4. The smallest absolute Gasteiger partial charge is 0.304 e. The molecule has 1 aliphatic carbocycles. The third-order valence-electron chi connectivity index (χ3n) is 3.32. The Bertz CT molecular complexity index is 363. The summed E-state index contributed by atoms with van der Waals surface area (Å²) in [5.41, 5.74) is 0. The molecule has 2 N–H and O–H groups in total. The standard InChI is InChI=1S/C11H22N2O4S/c1-13(10-4-2-3-5-10)8-7-12-18(16,17)9-6-11(14)15/h10,12H,2-9H2,1H3,(H,14,15). The normalized spacial score (nSPS) is 17.4. The van der Waals surface area contributed by atoms with Crippen LogP contribution in [0.4, 0.5) is 0 Å². The number of hydrogen-bond acceptors (Lipinski definition) is 4. The van der Waals surface area contributed by atoms with Crippen LogP contribution in [0.1, 0.15) is 32.1 Å². The van der Waals surface area contributed by atoms with Gasteiger partial charge < -0.3 is 10.0 Å². The molecule has 1 rings (SSSR count). The zero-order valence-electron chi connectivity index (χ0n) is 10.8. The molecular formula is C11H22N2O4S. The van der Waals surface area contributed by atoms with E-state index in [9.17, 15) is 13.2 Å². The highest BCUT2D eigenvalue weighted by molar-refractivity contribution is 7.89. The Morgan fingerprint density at radius 3 is 2.56 bits per heavy atom. The Labute approximate surface area is 108 Å². The van der Waals surface area contributed by atoms with Gasteiger partial charge in [-0.1, -0.05) is 12.8 Å². The minimum Gasteiger partial charge on any atom is -0.481 e. The summed E-state index contributed by atoms with van der Waals surface area (Å²) in [6, 6.07) is 0.563. The van der Waals surface area contributed by atoms with E-state index in [2.05, 4.69) is 9.62 Å². The summed E-state index contributed by atoms with van der Waals surface area (Å²) in [6.07, 6.45) is 4.51. The van der Waals surface area contributed by atoms with Crippen LogP contribution in [0.2, 0.25) is 0 Å². The number of rotatable bonds is 8. The minimum absolute atomic E-state index is 0.342. The Morgan fingerprint density at radius 1 is 1.39 bits per heavy atom. The molecule has 0 heterocycles. The molecule has 0 spiro atoms. The fraction of sp³-hybridized carbons (Fsp3) is 0.909. The fourth-order valence-corrected chi connectivity index (χ4v) is 3.19. The maximum atomic E-state index is 11.4. The van der Waals surface area contributed by atoms with E-state index in [1.807, 2.05) is 7.05 Å². The second-order valence-corrected chi connectivity index (χ2v) is 6.70. The first kappa shape index (κ1) is 15.4. The lowest BCUT2D eigenvalue weighted by atomic mass is 10.2. The lowest BCUT2D eigenvalue weighted by Crippen LogP contribution is -2.38. The van der Waals surface area contributed by atoms with Gasteiger partial charge in [0.2, 0.25) is 10.0 Å². The molecule has 1 fully saturated rings. The van der Waals surface area contributed by atoms with E-state index in [0.717, 1.165) is 0 Å². The van der Waals surface area contributed by atoms with Crippen LogP contribution in [-0.4, -0.2) is 56.3 Å². The van der Waals surface area contributed by atoms with Crippen molar-refractivity contribution in [1.82, 2.24) is 9.62 Å². The molecule has 7 heteroatoms. The summed E-state index contributed by atoms with van der Waals surface area (Å²) in [5, 5.41) is 8.43. The minimum atomic E-state index is -3.45. The SMILES string of the molecule is CN(CCNS(=O)(=O)CCC(=O)O)C1CCCC1. The predicted molar refractivity (Wildman–Crippen MR) is 68.9 cm³/mol. The molecule has 0 aromatic heterocycles. The van der Waals surface area contributed by atoms with Gasteiger partial charge in [-0.2, -0.15) is 0 Å². The highest BCUT2D eigenvalue weighted by Gasteiger charge is 2.19. The molecular weight excluding hydrogens is 256 g/mol. The van der Waals surface area contributed by atoms with Crippen molar-refractivity contribution < 1.29 is 18.3 Å². The van der Waals surface area contributed by atoms with E-state index in [-0.39, 0.29) is 12.2 Å². The van der Waals surface area contributed by atoms with E-state index < -0.39 is 16.0 Å². The summed E-state index contributed by atoms with van der Waals surface area (Å²) in [4.78, 5) is 12.5. The average Bonchev–Trinajstić information content (AvgIpc) is 2.79. The first-order valence-corrected chi connectivity index (χ1v) is 7.95. The highest BCUT2D eigenvalue weighted by Crippen LogP contribution is 2.21. The lowest BCUT2D eigenvalue weighted by molar-refractivity contribution is -0.136. The van der Waals surface area contributed by atoms with Crippen LogP contribution in [-0.2, 0) is 14.8 Å². The average molecular weight is 278 g/mol. The largest absolute Gasteiger partial charge is 0.481 e. The second kappa shape index (κ2) is 7.06. The van der Waals surface area contributed by atoms with Gasteiger partial charge in [0.15, 0.2) is 0 Å². The van der Waals surface area contributed by atoms with E-state index in [1.54, 1.807) is 0 Å². The van der Waals surface area contributed by atoms with Crippen molar-refractivity contribution in [2.75, 3.05) is 25.9 Å². The first-order chi connectivity index (χ1) is 8.41. The molecule has 18 heavy (non-hydrogen) atoms. The monoisotopic (exact) mass is 278 g/mol. The van der Waals surface area contributed by atoms with Crippen molar-refractivity contribution in [2.45, 2.75) is 38.1 Å². The van der Waals surface area contributed by atoms with E-state index in [1.165, 1.54) is 25.7 Å². The fourth-order valence-electron chi connectivity index (χ4n) is 2.20. The van der Waals surface area contributed by atoms with Crippen LogP contribution in [0.5, 0.6) is 0 Å². The van der Waals surface area contributed by atoms with Gasteiger partial charge in [0, 0.05) is 19.1 Å². The molecule has 1 saturated carbocycles. The van der Waals surface area contributed by atoms with Crippen LogP contribution in [0, 0.1) is 0 Å². The van der Waals surface area contributed by atoms with Gasteiger partial charge >= 0.3 is 5.97 Å². The molecule has 0 aromatic rings. The van der Waals surface area contributed by atoms with Gasteiger partial charge in [-0.05, 0) is 19.9 Å². The zero-order chi connectivity index (χ0) is 13.6. The first-order valence-electron chi connectivity index (χ1n) is 6.30. The topological polar surface area (TPSA) is 86.7 Å². The molecule has 106 valence electrons. The molecule has 0 unspecified atom stereocenters. The van der Waals surface area contributed by atoms with Crippen LogP contribution in [0.15, 0.2) is 0 Å². The van der Waals surface area contributed by atoms with Crippen molar-refractivity contribution in [2.24, 2.45) is 0 Å². The molecule has 0 saturated heterocycles. The maximum Gasteiger partial charge on any atom is 0.304 e. The zero-order valence-corrected chi connectivity index (χ0v) is 11.6. The van der Waals surface area contributed by atoms with Gasteiger partial charge in [-0.25, -0.2) is 13.1 Å². The number of likely N-dealkylation sites (N-methyl/N-ethyl adjacent to an activating group) is 1. The van der Waals surface area contributed by atoms with Gasteiger partial charge in [0.25, 0.3) is 0 Å². The second-order valence-electron chi connectivity index (χ2n) is 4.78. The van der Waals surface area contributed by atoms with Gasteiger partial charge in [0.1, 0.15) is 0 Å². The predicted octanol–water partition coefficient (Wildman–Crippen LogP) is 0.255. The van der Waals surface area contributed by atoms with Crippen LogP contribution in [0.25, 0.3) is 0 Å². The van der Waals surface area contributed by atoms with Crippen LogP contribution >= 0.6 is 0 Å². The van der Waals surface area contributed by atoms with E-state index in [4.69, 9.17) is 5.11 Å². The van der Waals surface area contributed by atoms with Crippen LogP contribution in [0.3, 0.4) is 0 Å². The highest BCUT2D eigenvalue weighted by atomic mass is 32.2. The summed E-state index contributed by atoms with van der Waals surface area (Å²) in [6.45, 7) is 1.01. The van der Waals surface area contributed by atoms with Crippen molar-refractivity contribution in [3.05, 3.63) is 0 Å². The van der Waals surface area contributed by atoms with E-state index in [0.29, 0.717) is 19.1 Å². The number of nitrogens with one attached hydrogen (secondary N) is 1. The molecule has 0 bridgehead atoms. The third-order valence-corrected chi connectivity index (χ3v) is 4.70. The van der Waals surface area contributed by atoms with Crippen LogP contribution < -0.4 is 4.72 Å². The molecule has 0 atom stereocenters. The molecule has 0 radical (unpaired) electrons. The van der Waals surface area contributed by atoms with Crippen molar-refractivity contribution in [1.29, 1.82) is 0 Å². The van der Waals surface area contributed by atoms with Crippen molar-refractivity contribution in [3.63, 3.8) is 0 Å². The Balaban J connectivity index is 2.21. The number of sulfonamides is 1. The summed E-state index contributed by atoms with van der Waals surface area (Å²) in [7, 11) is -1.45. The Hall–Kier alpha value is -0.660. The molecule has 0 aromatic carbocycles. The Kier molecular flexibility index (Phi) is 6.04. The number of carboxylic acids is 1. The van der Waals surface area contributed by atoms with E-state index >= 15 is 0 Å². The van der Waals surface area contributed by atoms with Crippen molar-refractivity contribution >= 4 is 16.0 Å². The molecule has 0 aliphatic heterocycles. The van der Waals surface area contributed by atoms with Gasteiger partial charge in [-0.15, -0.1) is 0 Å². The molecule has 6 nitrogen and oxygen atoms in total. The number of carbonyl (C=O) groups is 1. The number of hydrogen-bond donors (Lipinski definition) is 2. The van der Waals surface area contributed by atoms with Gasteiger partial charge in [-0.3, -0.25) is 4.79 Å². The lowest BCUT2D eigenvalue weighted by Gasteiger charge is -2.23. The number of carboxylic acid groups (broad SMARTS) is 1. The quantitative estimate of drug-likeness (QED) is 0.665. The summed E-state index contributed by atoms with van der Waals surface area (Å²) in [5.74, 6) is -1.45. The summed E-state index contributed by atoms with van der Waals surface area (Å²) >= 11 is 0. The molecule has 1 aliphatic rings. The number of nitrogens with zero attached hydrogens (tertiary/aromatic N) is 1. The van der Waals surface area contributed by atoms with Crippen molar-refractivity contribution in [3.8, 4) is 0 Å². The third kappa shape index (κ3) is 5.79. The molecule has 0 amide bonds. The van der Waals surface area contributed by atoms with Gasteiger partial charge in [0.05, 0.1) is 12.2 Å². The number of aliphatic carboxylic acids is 1.